The fourth-order valence-electron chi connectivity index (χ4n) is 3.59. The largest absolute Gasteiger partial charge is 0.365 e. The van der Waals surface area contributed by atoms with E-state index in [2.05, 4.69) is 20.5 Å². The number of fused-ring (bicyclic) bond motifs is 1. The molecular weight excluding hydrogens is 389 g/mol. The van der Waals surface area contributed by atoms with Crippen LogP contribution in [0.3, 0.4) is 0 Å². The van der Waals surface area contributed by atoms with E-state index in [0.717, 1.165) is 35.4 Å². The molecule has 1 fully saturated rings. The van der Waals surface area contributed by atoms with E-state index in [1.165, 1.54) is 44.5 Å². The van der Waals surface area contributed by atoms with Gasteiger partial charge in [0.2, 0.25) is 5.95 Å². The van der Waals surface area contributed by atoms with Gasteiger partial charge in [0.25, 0.3) is 0 Å². The second kappa shape index (κ2) is 10.4. The number of piperidine rings is 1. The van der Waals surface area contributed by atoms with E-state index in [9.17, 15) is 4.39 Å². The van der Waals surface area contributed by atoms with Crippen LogP contribution in [0.5, 0.6) is 0 Å². The van der Waals surface area contributed by atoms with Gasteiger partial charge in [0.15, 0.2) is 0 Å². The number of rotatable bonds is 7. The molecule has 29 heavy (non-hydrogen) atoms. The number of halogens is 2. The van der Waals surface area contributed by atoms with Gasteiger partial charge in [0.05, 0.1) is 5.52 Å². The average molecular weight is 416 g/mol. The summed E-state index contributed by atoms with van der Waals surface area (Å²) in [6.45, 7) is 4.79. The predicted octanol–water partition coefficient (Wildman–Crippen LogP) is 4.70. The SMILES string of the molecule is Cl.Fc1ccc(CNc2nc(NCCN3CCCCC3)nc3ccccc23)cc1. The van der Waals surface area contributed by atoms with Crippen molar-refractivity contribution < 1.29 is 4.39 Å². The Bertz CT molecular complexity index is 913. The summed E-state index contributed by atoms with van der Waals surface area (Å²) in [6, 6.07) is 14.5. The van der Waals surface area contributed by atoms with Crippen molar-refractivity contribution in [2.24, 2.45) is 0 Å². The number of para-hydroxylation sites is 1. The molecule has 2 aromatic carbocycles. The molecule has 1 aliphatic heterocycles. The molecular formula is C22H27ClFN5. The Hall–Kier alpha value is -2.44. The number of likely N-dealkylation sites (tertiary alicyclic amines) is 1. The number of benzene rings is 2. The van der Waals surface area contributed by atoms with Crippen LogP contribution in [0.25, 0.3) is 10.9 Å². The molecule has 4 rings (SSSR count). The molecule has 154 valence electrons. The minimum Gasteiger partial charge on any atom is -0.365 e. The van der Waals surface area contributed by atoms with Crippen molar-refractivity contribution in [3.05, 3.63) is 59.9 Å². The molecule has 0 spiro atoms. The van der Waals surface area contributed by atoms with Crippen LogP contribution < -0.4 is 10.6 Å². The lowest BCUT2D eigenvalue weighted by molar-refractivity contribution is 0.237. The van der Waals surface area contributed by atoms with Gasteiger partial charge in [0, 0.05) is 25.0 Å². The first kappa shape index (κ1) is 21.3. The van der Waals surface area contributed by atoms with Gasteiger partial charge in [-0.05, 0) is 55.8 Å². The third-order valence-corrected chi connectivity index (χ3v) is 5.14. The van der Waals surface area contributed by atoms with Crippen LogP contribution in [0.2, 0.25) is 0 Å². The molecule has 7 heteroatoms. The minimum atomic E-state index is -0.226. The maximum Gasteiger partial charge on any atom is 0.225 e. The van der Waals surface area contributed by atoms with E-state index in [-0.39, 0.29) is 18.2 Å². The summed E-state index contributed by atoms with van der Waals surface area (Å²) >= 11 is 0. The van der Waals surface area contributed by atoms with Gasteiger partial charge in [-0.3, -0.25) is 0 Å². The monoisotopic (exact) mass is 415 g/mol. The molecule has 3 aromatic rings. The summed E-state index contributed by atoms with van der Waals surface area (Å²) in [5, 5.41) is 7.73. The summed E-state index contributed by atoms with van der Waals surface area (Å²) in [7, 11) is 0. The third-order valence-electron chi connectivity index (χ3n) is 5.14. The fourth-order valence-corrected chi connectivity index (χ4v) is 3.59. The minimum absolute atomic E-state index is 0. The Morgan fingerprint density at radius 3 is 2.45 bits per heavy atom. The molecule has 2 N–H and O–H groups in total. The van der Waals surface area contributed by atoms with E-state index in [1.54, 1.807) is 12.1 Å². The molecule has 1 saturated heterocycles. The van der Waals surface area contributed by atoms with Crippen LogP contribution in [0.15, 0.2) is 48.5 Å². The summed E-state index contributed by atoms with van der Waals surface area (Å²) < 4.78 is 13.1. The van der Waals surface area contributed by atoms with Gasteiger partial charge >= 0.3 is 0 Å². The van der Waals surface area contributed by atoms with Gasteiger partial charge in [0.1, 0.15) is 11.6 Å². The number of hydrogen-bond acceptors (Lipinski definition) is 5. The van der Waals surface area contributed by atoms with Crippen molar-refractivity contribution in [2.75, 3.05) is 36.8 Å². The number of nitrogens with zero attached hydrogens (tertiary/aromatic N) is 3. The number of hydrogen-bond donors (Lipinski definition) is 2. The van der Waals surface area contributed by atoms with Gasteiger partial charge < -0.3 is 15.5 Å². The van der Waals surface area contributed by atoms with Crippen LogP contribution in [-0.2, 0) is 6.54 Å². The molecule has 1 aromatic heterocycles. The van der Waals surface area contributed by atoms with Gasteiger partial charge in [-0.1, -0.05) is 30.7 Å². The highest BCUT2D eigenvalue weighted by molar-refractivity contribution is 5.90. The Balaban J connectivity index is 0.00000240. The lowest BCUT2D eigenvalue weighted by Crippen LogP contribution is -2.33. The summed E-state index contributed by atoms with van der Waals surface area (Å²) in [5.41, 5.74) is 1.91. The summed E-state index contributed by atoms with van der Waals surface area (Å²) in [6.07, 6.45) is 3.94. The second-order valence-corrected chi connectivity index (χ2v) is 7.22. The van der Waals surface area contributed by atoms with Crippen molar-refractivity contribution in [2.45, 2.75) is 25.8 Å². The lowest BCUT2D eigenvalue weighted by atomic mass is 10.1. The Morgan fingerprint density at radius 2 is 1.66 bits per heavy atom. The molecule has 0 atom stereocenters. The van der Waals surface area contributed by atoms with E-state index in [0.29, 0.717) is 12.5 Å². The van der Waals surface area contributed by atoms with E-state index >= 15 is 0 Å². The maximum absolute atomic E-state index is 13.1. The first-order chi connectivity index (χ1) is 13.8. The highest BCUT2D eigenvalue weighted by Crippen LogP contribution is 2.22. The van der Waals surface area contributed by atoms with Gasteiger partial charge in [-0.2, -0.15) is 4.98 Å². The predicted molar refractivity (Wildman–Crippen MR) is 119 cm³/mol. The Labute approximate surface area is 177 Å². The summed E-state index contributed by atoms with van der Waals surface area (Å²) in [5.74, 6) is 1.20. The van der Waals surface area contributed by atoms with Gasteiger partial charge in [-0.25, -0.2) is 9.37 Å². The molecule has 0 aliphatic carbocycles. The topological polar surface area (TPSA) is 53.1 Å². The standard InChI is InChI=1S/C22H26FN5.ClH/c23-18-10-8-17(9-11-18)16-25-21-19-6-2-3-7-20(19)26-22(27-21)24-12-15-28-13-4-1-5-14-28;/h2-3,6-11H,1,4-5,12-16H2,(H2,24,25,26,27);1H. The highest BCUT2D eigenvalue weighted by Gasteiger charge is 2.11. The van der Waals surface area contributed by atoms with E-state index in [4.69, 9.17) is 4.98 Å². The zero-order valence-electron chi connectivity index (χ0n) is 16.4. The molecule has 0 unspecified atom stereocenters. The van der Waals surface area contributed by atoms with Crippen molar-refractivity contribution in [3.8, 4) is 0 Å². The van der Waals surface area contributed by atoms with Crippen LogP contribution in [0, 0.1) is 5.82 Å². The first-order valence-corrected chi connectivity index (χ1v) is 9.99. The fraction of sp³-hybridized carbons (Fsp3) is 0.364. The van der Waals surface area contributed by atoms with E-state index in [1.807, 2.05) is 24.3 Å². The molecule has 0 saturated carbocycles. The quantitative estimate of drug-likeness (QED) is 0.585. The van der Waals surface area contributed by atoms with Crippen LogP contribution in [0.4, 0.5) is 16.2 Å². The number of anilines is 2. The maximum atomic E-state index is 13.1. The zero-order chi connectivity index (χ0) is 19.2. The Kier molecular flexibility index (Phi) is 7.61. The van der Waals surface area contributed by atoms with Crippen molar-refractivity contribution in [1.82, 2.24) is 14.9 Å². The van der Waals surface area contributed by atoms with Crippen molar-refractivity contribution >= 4 is 35.1 Å². The molecule has 0 amide bonds. The lowest BCUT2D eigenvalue weighted by Gasteiger charge is -2.26. The molecule has 0 radical (unpaired) electrons. The zero-order valence-corrected chi connectivity index (χ0v) is 17.2. The number of aromatic nitrogens is 2. The number of nitrogens with one attached hydrogen (secondary N) is 2. The van der Waals surface area contributed by atoms with E-state index < -0.39 is 0 Å². The molecule has 1 aliphatic rings. The average Bonchev–Trinajstić information content (AvgIpc) is 2.74. The highest BCUT2D eigenvalue weighted by atomic mass is 35.5. The van der Waals surface area contributed by atoms with Gasteiger partial charge in [-0.15, -0.1) is 12.4 Å². The first-order valence-electron chi connectivity index (χ1n) is 9.99. The molecule has 0 bridgehead atoms. The second-order valence-electron chi connectivity index (χ2n) is 7.22. The molecule has 2 heterocycles. The van der Waals surface area contributed by atoms with Crippen molar-refractivity contribution in [3.63, 3.8) is 0 Å². The van der Waals surface area contributed by atoms with Crippen LogP contribution in [0.1, 0.15) is 24.8 Å². The van der Waals surface area contributed by atoms with Crippen LogP contribution in [-0.4, -0.2) is 41.0 Å². The normalized spacial score (nSPS) is 14.4. The third kappa shape index (κ3) is 5.78. The van der Waals surface area contributed by atoms with Crippen LogP contribution >= 0.6 is 12.4 Å². The van der Waals surface area contributed by atoms with Crippen molar-refractivity contribution in [1.29, 1.82) is 0 Å². The molecule has 5 nitrogen and oxygen atoms in total. The summed E-state index contributed by atoms with van der Waals surface area (Å²) in [4.78, 5) is 11.8. The Morgan fingerprint density at radius 1 is 0.897 bits per heavy atom. The smallest absolute Gasteiger partial charge is 0.225 e.